The fourth-order valence-electron chi connectivity index (χ4n) is 1.92. The zero-order valence-corrected chi connectivity index (χ0v) is 11.4. The number of hydrogen-bond donors (Lipinski definition) is 2. The SMILES string of the molecule is CC(O)(CNC(=O)Cc1cccnc1)c1ccccc1. The predicted molar refractivity (Wildman–Crippen MR) is 77.0 cm³/mol. The second-order valence-corrected chi connectivity index (χ2v) is 4.95. The Morgan fingerprint density at radius 3 is 2.65 bits per heavy atom. The number of carbonyl (C=O) groups is 1. The largest absolute Gasteiger partial charge is 0.384 e. The lowest BCUT2D eigenvalue weighted by molar-refractivity contribution is -0.121. The lowest BCUT2D eigenvalue weighted by Crippen LogP contribution is -2.39. The van der Waals surface area contributed by atoms with Crippen LogP contribution in [0.1, 0.15) is 18.1 Å². The van der Waals surface area contributed by atoms with Crippen LogP contribution in [-0.2, 0) is 16.8 Å². The first-order valence-electron chi connectivity index (χ1n) is 6.51. The molecule has 1 aromatic heterocycles. The summed E-state index contributed by atoms with van der Waals surface area (Å²) in [6.45, 7) is 1.86. The van der Waals surface area contributed by atoms with Gasteiger partial charge < -0.3 is 10.4 Å². The third kappa shape index (κ3) is 3.90. The average molecular weight is 270 g/mol. The summed E-state index contributed by atoms with van der Waals surface area (Å²) >= 11 is 0. The summed E-state index contributed by atoms with van der Waals surface area (Å²) in [5.41, 5.74) is 0.553. The van der Waals surface area contributed by atoms with Gasteiger partial charge in [-0.1, -0.05) is 36.4 Å². The van der Waals surface area contributed by atoms with Crippen LogP contribution >= 0.6 is 0 Å². The van der Waals surface area contributed by atoms with Crippen LogP contribution in [0.2, 0.25) is 0 Å². The van der Waals surface area contributed by atoms with Crippen molar-refractivity contribution in [2.24, 2.45) is 0 Å². The second kappa shape index (κ2) is 6.30. The summed E-state index contributed by atoms with van der Waals surface area (Å²) in [6.07, 6.45) is 3.59. The quantitative estimate of drug-likeness (QED) is 0.868. The van der Waals surface area contributed by atoms with Crippen LogP contribution in [0.25, 0.3) is 0 Å². The topological polar surface area (TPSA) is 62.2 Å². The van der Waals surface area contributed by atoms with E-state index in [0.717, 1.165) is 11.1 Å². The van der Waals surface area contributed by atoms with E-state index in [0.29, 0.717) is 0 Å². The van der Waals surface area contributed by atoms with Crippen LogP contribution in [-0.4, -0.2) is 22.5 Å². The summed E-state index contributed by atoms with van der Waals surface area (Å²) in [7, 11) is 0. The van der Waals surface area contributed by atoms with Crippen molar-refractivity contribution in [2.45, 2.75) is 18.9 Å². The number of amides is 1. The van der Waals surface area contributed by atoms with E-state index < -0.39 is 5.60 Å². The number of aromatic nitrogens is 1. The lowest BCUT2D eigenvalue weighted by Gasteiger charge is -2.24. The molecule has 20 heavy (non-hydrogen) atoms. The molecule has 0 bridgehead atoms. The molecule has 0 aliphatic rings. The first-order valence-corrected chi connectivity index (χ1v) is 6.51. The number of aliphatic hydroxyl groups is 1. The number of nitrogens with zero attached hydrogens (tertiary/aromatic N) is 1. The smallest absolute Gasteiger partial charge is 0.224 e. The molecule has 4 heteroatoms. The van der Waals surface area contributed by atoms with Crippen LogP contribution < -0.4 is 5.32 Å². The lowest BCUT2D eigenvalue weighted by atomic mass is 9.96. The summed E-state index contributed by atoms with van der Waals surface area (Å²) in [4.78, 5) is 15.8. The molecule has 1 amide bonds. The highest BCUT2D eigenvalue weighted by Gasteiger charge is 2.23. The number of rotatable bonds is 5. The molecule has 0 saturated carbocycles. The molecule has 4 nitrogen and oxygen atoms in total. The third-order valence-corrected chi connectivity index (χ3v) is 3.11. The third-order valence-electron chi connectivity index (χ3n) is 3.11. The first kappa shape index (κ1) is 14.2. The summed E-state index contributed by atoms with van der Waals surface area (Å²) in [5, 5.41) is 13.1. The van der Waals surface area contributed by atoms with Gasteiger partial charge in [0.1, 0.15) is 5.60 Å². The van der Waals surface area contributed by atoms with Crippen LogP contribution in [0.15, 0.2) is 54.9 Å². The molecule has 2 N–H and O–H groups in total. The highest BCUT2D eigenvalue weighted by Crippen LogP contribution is 2.18. The van der Waals surface area contributed by atoms with Gasteiger partial charge in [-0.2, -0.15) is 0 Å². The van der Waals surface area contributed by atoms with Crippen LogP contribution in [0, 0.1) is 0 Å². The highest BCUT2D eigenvalue weighted by atomic mass is 16.3. The molecule has 0 saturated heterocycles. The van der Waals surface area contributed by atoms with Crippen molar-refractivity contribution in [3.63, 3.8) is 0 Å². The number of benzene rings is 1. The van der Waals surface area contributed by atoms with E-state index in [1.807, 2.05) is 36.4 Å². The van der Waals surface area contributed by atoms with Crippen LogP contribution in [0.4, 0.5) is 0 Å². The fourth-order valence-corrected chi connectivity index (χ4v) is 1.92. The Bertz CT molecular complexity index is 553. The number of pyridine rings is 1. The van der Waals surface area contributed by atoms with E-state index in [1.165, 1.54) is 0 Å². The molecule has 2 aromatic rings. The van der Waals surface area contributed by atoms with E-state index in [1.54, 1.807) is 25.4 Å². The Morgan fingerprint density at radius 1 is 1.25 bits per heavy atom. The van der Waals surface area contributed by atoms with Crippen molar-refractivity contribution in [3.05, 3.63) is 66.0 Å². The average Bonchev–Trinajstić information content (AvgIpc) is 2.47. The maximum atomic E-state index is 11.8. The van der Waals surface area contributed by atoms with E-state index in [4.69, 9.17) is 0 Å². The molecular weight excluding hydrogens is 252 g/mol. The van der Waals surface area contributed by atoms with E-state index in [-0.39, 0.29) is 18.9 Å². The second-order valence-electron chi connectivity index (χ2n) is 4.95. The van der Waals surface area contributed by atoms with Gasteiger partial charge in [0.05, 0.1) is 13.0 Å². The van der Waals surface area contributed by atoms with Crippen molar-refractivity contribution in [3.8, 4) is 0 Å². The Hall–Kier alpha value is -2.20. The van der Waals surface area contributed by atoms with Crippen molar-refractivity contribution in [1.29, 1.82) is 0 Å². The van der Waals surface area contributed by atoms with Gasteiger partial charge in [-0.05, 0) is 24.1 Å². The summed E-state index contributed by atoms with van der Waals surface area (Å²) in [6, 6.07) is 12.9. The summed E-state index contributed by atoms with van der Waals surface area (Å²) in [5.74, 6) is -0.130. The molecule has 0 spiro atoms. The highest BCUT2D eigenvalue weighted by molar-refractivity contribution is 5.78. The number of hydrogen-bond acceptors (Lipinski definition) is 3. The van der Waals surface area contributed by atoms with Crippen molar-refractivity contribution >= 4 is 5.91 Å². The molecule has 1 atom stereocenters. The Balaban J connectivity index is 1.90. The van der Waals surface area contributed by atoms with E-state index in [2.05, 4.69) is 10.3 Å². The fraction of sp³-hybridized carbons (Fsp3) is 0.250. The van der Waals surface area contributed by atoms with E-state index >= 15 is 0 Å². The van der Waals surface area contributed by atoms with Crippen molar-refractivity contribution in [2.75, 3.05) is 6.54 Å². The van der Waals surface area contributed by atoms with Gasteiger partial charge in [-0.3, -0.25) is 9.78 Å². The number of nitrogens with one attached hydrogen (secondary N) is 1. The minimum Gasteiger partial charge on any atom is -0.384 e. The molecular formula is C16H18N2O2. The molecule has 1 heterocycles. The van der Waals surface area contributed by atoms with Gasteiger partial charge in [-0.25, -0.2) is 0 Å². The number of carbonyl (C=O) groups excluding carboxylic acids is 1. The molecule has 1 unspecified atom stereocenters. The molecule has 1 aromatic carbocycles. The Morgan fingerprint density at radius 2 is 2.00 bits per heavy atom. The van der Waals surface area contributed by atoms with Gasteiger partial charge in [0.25, 0.3) is 0 Å². The maximum Gasteiger partial charge on any atom is 0.224 e. The normalized spacial score (nSPS) is 13.5. The molecule has 2 rings (SSSR count). The molecule has 0 aliphatic carbocycles. The summed E-state index contributed by atoms with van der Waals surface area (Å²) < 4.78 is 0. The minimum absolute atomic E-state index is 0.130. The van der Waals surface area contributed by atoms with Crippen LogP contribution in [0.5, 0.6) is 0 Å². The monoisotopic (exact) mass is 270 g/mol. The molecule has 0 fully saturated rings. The van der Waals surface area contributed by atoms with Crippen LogP contribution in [0.3, 0.4) is 0 Å². The van der Waals surface area contributed by atoms with Crippen molar-refractivity contribution in [1.82, 2.24) is 10.3 Å². The van der Waals surface area contributed by atoms with Gasteiger partial charge >= 0.3 is 0 Å². The molecule has 0 radical (unpaired) electrons. The van der Waals surface area contributed by atoms with Gasteiger partial charge in [0, 0.05) is 12.4 Å². The van der Waals surface area contributed by atoms with E-state index in [9.17, 15) is 9.90 Å². The minimum atomic E-state index is -1.08. The maximum absolute atomic E-state index is 11.8. The van der Waals surface area contributed by atoms with Gasteiger partial charge in [-0.15, -0.1) is 0 Å². The first-order chi connectivity index (χ1) is 9.58. The molecule has 0 aliphatic heterocycles. The zero-order valence-electron chi connectivity index (χ0n) is 11.4. The Labute approximate surface area is 118 Å². The van der Waals surface area contributed by atoms with Crippen molar-refractivity contribution < 1.29 is 9.90 Å². The van der Waals surface area contributed by atoms with Gasteiger partial charge in [0.2, 0.25) is 5.91 Å². The zero-order chi connectivity index (χ0) is 14.4. The Kier molecular flexibility index (Phi) is 4.48. The van der Waals surface area contributed by atoms with Gasteiger partial charge in [0.15, 0.2) is 0 Å². The standard InChI is InChI=1S/C16H18N2O2/c1-16(20,14-7-3-2-4-8-14)12-18-15(19)10-13-6-5-9-17-11-13/h2-9,11,20H,10,12H2,1H3,(H,18,19). The molecule has 104 valence electrons. The predicted octanol–water partition coefficient (Wildman–Crippen LogP) is 1.65.